The van der Waals surface area contributed by atoms with E-state index in [9.17, 15) is 4.79 Å². The fraction of sp³-hybridized carbons (Fsp3) is 0.571. The largest absolute Gasteiger partial charge is 0.342 e. The average Bonchev–Trinajstić information content (AvgIpc) is 2.98. The number of nitrogens with zero attached hydrogens (tertiary/aromatic N) is 2. The van der Waals surface area contributed by atoms with Gasteiger partial charge in [0.2, 0.25) is 5.91 Å². The molecule has 20 heavy (non-hydrogen) atoms. The highest BCUT2D eigenvalue weighted by atomic mass is 35.5. The molecular formula is C14H21Cl2N3O. The maximum absolute atomic E-state index is 12.1. The van der Waals surface area contributed by atoms with E-state index in [-0.39, 0.29) is 30.7 Å². The molecule has 0 saturated carbocycles. The lowest BCUT2D eigenvalue weighted by Crippen LogP contribution is -2.32. The Labute approximate surface area is 132 Å². The van der Waals surface area contributed by atoms with Gasteiger partial charge in [0.05, 0.1) is 0 Å². The summed E-state index contributed by atoms with van der Waals surface area (Å²) in [6.07, 6.45) is 3.12. The molecule has 112 valence electrons. The van der Waals surface area contributed by atoms with Crippen LogP contribution < -0.4 is 5.32 Å². The Morgan fingerprint density at radius 1 is 1.25 bits per heavy atom. The van der Waals surface area contributed by atoms with Gasteiger partial charge < -0.3 is 10.2 Å². The maximum Gasteiger partial charge on any atom is 0.222 e. The molecule has 1 N–H and O–H groups in total. The van der Waals surface area contributed by atoms with Gasteiger partial charge in [-0.25, -0.2) is 0 Å². The molecule has 0 radical (unpaired) electrons. The molecule has 1 aromatic heterocycles. The van der Waals surface area contributed by atoms with Gasteiger partial charge in [-0.1, -0.05) is 6.07 Å². The molecule has 0 aliphatic carbocycles. The molecular weight excluding hydrogens is 297 g/mol. The Kier molecular flexibility index (Phi) is 6.72. The van der Waals surface area contributed by atoms with Crippen molar-refractivity contribution in [2.45, 2.75) is 12.8 Å². The van der Waals surface area contributed by atoms with Crippen molar-refractivity contribution in [1.82, 2.24) is 15.2 Å². The second-order valence-electron chi connectivity index (χ2n) is 5.30. The number of aryl methyl sites for hydroxylation is 1. The smallest absolute Gasteiger partial charge is 0.222 e. The number of halogens is 2. The lowest BCUT2D eigenvalue weighted by atomic mass is 10.0. The van der Waals surface area contributed by atoms with E-state index in [1.807, 2.05) is 23.1 Å². The third-order valence-corrected chi connectivity index (χ3v) is 4.06. The lowest BCUT2D eigenvalue weighted by molar-refractivity contribution is -0.130. The third kappa shape index (κ3) is 3.84. The highest BCUT2D eigenvalue weighted by Crippen LogP contribution is 2.26. The number of carbonyl (C=O) groups is 1. The number of rotatable bonds is 3. The van der Waals surface area contributed by atoms with Gasteiger partial charge in [0.25, 0.3) is 0 Å². The molecule has 0 spiro atoms. The van der Waals surface area contributed by atoms with Crippen molar-refractivity contribution in [2.24, 2.45) is 11.8 Å². The van der Waals surface area contributed by atoms with Gasteiger partial charge in [-0.2, -0.15) is 0 Å². The summed E-state index contributed by atoms with van der Waals surface area (Å²) in [6.45, 7) is 4.04. The van der Waals surface area contributed by atoms with Crippen LogP contribution in [0.3, 0.4) is 0 Å². The van der Waals surface area contributed by atoms with Crippen LogP contribution in [0.25, 0.3) is 0 Å². The van der Waals surface area contributed by atoms with Crippen LogP contribution in [0.4, 0.5) is 0 Å². The van der Waals surface area contributed by atoms with Crippen molar-refractivity contribution in [3.63, 3.8) is 0 Å². The zero-order valence-electron chi connectivity index (χ0n) is 11.3. The standard InChI is InChI=1S/C14H19N3O.2ClH/c18-14(5-4-13-3-1-2-6-16-13)17-9-11-7-15-8-12(11)10-17;;/h1-3,6,11-12,15H,4-5,7-10H2;2*1H/t11-,12+;;. The molecule has 0 aromatic carbocycles. The summed E-state index contributed by atoms with van der Waals surface area (Å²) in [7, 11) is 0. The first kappa shape index (κ1) is 17.2. The highest BCUT2D eigenvalue weighted by Gasteiger charge is 2.37. The molecule has 2 aliphatic heterocycles. The first-order chi connectivity index (χ1) is 8.83. The molecule has 1 aromatic rings. The minimum absolute atomic E-state index is 0. The van der Waals surface area contributed by atoms with Crippen molar-refractivity contribution in [3.8, 4) is 0 Å². The lowest BCUT2D eigenvalue weighted by Gasteiger charge is -2.17. The average molecular weight is 318 g/mol. The molecule has 2 aliphatic rings. The molecule has 0 unspecified atom stereocenters. The molecule has 4 nitrogen and oxygen atoms in total. The summed E-state index contributed by atoms with van der Waals surface area (Å²) in [5.74, 6) is 1.66. The molecule has 2 fully saturated rings. The van der Waals surface area contributed by atoms with E-state index in [4.69, 9.17) is 0 Å². The maximum atomic E-state index is 12.1. The van der Waals surface area contributed by atoms with Gasteiger partial charge >= 0.3 is 0 Å². The molecule has 1 amide bonds. The van der Waals surface area contributed by atoms with E-state index >= 15 is 0 Å². The van der Waals surface area contributed by atoms with E-state index in [2.05, 4.69) is 10.3 Å². The Morgan fingerprint density at radius 2 is 1.95 bits per heavy atom. The topological polar surface area (TPSA) is 45.2 Å². The predicted molar refractivity (Wildman–Crippen MR) is 83.5 cm³/mol. The normalized spacial score (nSPS) is 23.7. The molecule has 3 heterocycles. The van der Waals surface area contributed by atoms with Gasteiger partial charge in [-0.05, 0) is 30.4 Å². The van der Waals surface area contributed by atoms with Crippen molar-refractivity contribution < 1.29 is 4.79 Å². The van der Waals surface area contributed by atoms with Crippen LogP contribution in [-0.2, 0) is 11.2 Å². The third-order valence-electron chi connectivity index (χ3n) is 4.06. The highest BCUT2D eigenvalue weighted by molar-refractivity contribution is 5.85. The fourth-order valence-electron chi connectivity index (χ4n) is 3.00. The van der Waals surface area contributed by atoms with E-state index < -0.39 is 0 Å². The molecule has 2 saturated heterocycles. The number of fused-ring (bicyclic) bond motifs is 1. The molecule has 0 bridgehead atoms. The summed E-state index contributed by atoms with van der Waals surface area (Å²) in [5, 5.41) is 3.39. The second kappa shape index (κ2) is 7.81. The number of aromatic nitrogens is 1. The number of nitrogens with one attached hydrogen (secondary N) is 1. The molecule has 6 heteroatoms. The van der Waals surface area contributed by atoms with Gasteiger partial charge in [-0.15, -0.1) is 24.8 Å². The summed E-state index contributed by atoms with van der Waals surface area (Å²) in [4.78, 5) is 18.4. The van der Waals surface area contributed by atoms with Crippen LogP contribution in [-0.4, -0.2) is 42.0 Å². The van der Waals surface area contributed by atoms with Crippen LogP contribution in [0.1, 0.15) is 12.1 Å². The zero-order chi connectivity index (χ0) is 12.4. The SMILES string of the molecule is Cl.Cl.O=C(CCc1ccccn1)N1C[C@H]2CNC[C@H]2C1. The summed E-state index contributed by atoms with van der Waals surface area (Å²) < 4.78 is 0. The molecule has 2 atom stereocenters. The van der Waals surface area contributed by atoms with Crippen molar-refractivity contribution >= 4 is 30.7 Å². The summed E-state index contributed by atoms with van der Waals surface area (Å²) in [5.41, 5.74) is 1.01. The first-order valence-electron chi connectivity index (χ1n) is 6.71. The Bertz CT molecular complexity index is 418. The van der Waals surface area contributed by atoms with Crippen LogP contribution in [0.2, 0.25) is 0 Å². The van der Waals surface area contributed by atoms with E-state index in [0.29, 0.717) is 18.3 Å². The summed E-state index contributed by atoms with van der Waals surface area (Å²) >= 11 is 0. The number of likely N-dealkylation sites (tertiary alicyclic amines) is 1. The minimum Gasteiger partial charge on any atom is -0.342 e. The number of hydrogen-bond donors (Lipinski definition) is 1. The minimum atomic E-state index is 0. The zero-order valence-corrected chi connectivity index (χ0v) is 13.0. The van der Waals surface area contributed by atoms with Crippen LogP contribution >= 0.6 is 24.8 Å². The molecule has 3 rings (SSSR count). The van der Waals surface area contributed by atoms with Gasteiger partial charge in [0.15, 0.2) is 0 Å². The van der Waals surface area contributed by atoms with E-state index in [0.717, 1.165) is 38.3 Å². The van der Waals surface area contributed by atoms with E-state index in [1.54, 1.807) is 6.20 Å². The first-order valence-corrected chi connectivity index (χ1v) is 6.71. The Hall–Kier alpha value is -0.840. The van der Waals surface area contributed by atoms with Crippen LogP contribution in [0.15, 0.2) is 24.4 Å². The van der Waals surface area contributed by atoms with Crippen LogP contribution in [0, 0.1) is 11.8 Å². The van der Waals surface area contributed by atoms with Crippen molar-refractivity contribution in [2.75, 3.05) is 26.2 Å². The van der Waals surface area contributed by atoms with Gasteiger partial charge in [0.1, 0.15) is 0 Å². The predicted octanol–water partition coefficient (Wildman–Crippen LogP) is 1.54. The quantitative estimate of drug-likeness (QED) is 0.919. The van der Waals surface area contributed by atoms with E-state index in [1.165, 1.54) is 0 Å². The number of amides is 1. The Balaban J connectivity index is 0.000001000. The second-order valence-corrected chi connectivity index (χ2v) is 5.30. The fourth-order valence-corrected chi connectivity index (χ4v) is 3.00. The van der Waals surface area contributed by atoms with Crippen molar-refractivity contribution in [3.05, 3.63) is 30.1 Å². The van der Waals surface area contributed by atoms with Crippen LogP contribution in [0.5, 0.6) is 0 Å². The monoisotopic (exact) mass is 317 g/mol. The van der Waals surface area contributed by atoms with Gasteiger partial charge in [-0.3, -0.25) is 9.78 Å². The summed E-state index contributed by atoms with van der Waals surface area (Å²) in [6, 6.07) is 5.86. The van der Waals surface area contributed by atoms with Crippen molar-refractivity contribution in [1.29, 1.82) is 0 Å². The number of carbonyl (C=O) groups excluding carboxylic acids is 1. The number of hydrogen-bond acceptors (Lipinski definition) is 3. The number of pyridine rings is 1. The van der Waals surface area contributed by atoms with Gasteiger partial charge in [0, 0.05) is 44.5 Å². The Morgan fingerprint density at radius 3 is 2.55 bits per heavy atom.